The lowest BCUT2D eigenvalue weighted by Gasteiger charge is -2.17. The van der Waals surface area contributed by atoms with Crippen molar-refractivity contribution in [2.75, 3.05) is 26.4 Å². The first-order valence-electron chi connectivity index (χ1n) is 6.27. The van der Waals surface area contributed by atoms with E-state index in [4.69, 9.17) is 9.84 Å². The van der Waals surface area contributed by atoms with Crippen molar-refractivity contribution in [1.82, 2.24) is 5.32 Å². The molecule has 1 atom stereocenters. The van der Waals surface area contributed by atoms with Crippen LogP contribution in [0.4, 0.5) is 0 Å². The molecule has 1 unspecified atom stereocenters. The molecule has 0 aliphatic rings. The van der Waals surface area contributed by atoms with Crippen LogP contribution in [0.1, 0.15) is 46.0 Å². The number of nitrogens with one attached hydrogen (secondary N) is 1. The molecule has 0 aromatic rings. The highest BCUT2D eigenvalue weighted by Crippen LogP contribution is 1.97. The van der Waals surface area contributed by atoms with E-state index in [9.17, 15) is 0 Å². The van der Waals surface area contributed by atoms with Crippen LogP contribution in [0.15, 0.2) is 0 Å². The van der Waals surface area contributed by atoms with Crippen LogP contribution in [0.2, 0.25) is 0 Å². The number of unbranched alkanes of at least 4 members (excludes halogenated alkanes) is 2. The lowest BCUT2D eigenvalue weighted by molar-refractivity contribution is 0.0987. The molecule has 92 valence electrons. The van der Waals surface area contributed by atoms with Gasteiger partial charge in [0, 0.05) is 19.3 Å². The Kier molecular flexibility index (Phi) is 11.9. The zero-order valence-corrected chi connectivity index (χ0v) is 10.3. The highest BCUT2D eigenvalue weighted by Gasteiger charge is 2.06. The Morgan fingerprint density at radius 3 is 2.60 bits per heavy atom. The molecule has 2 N–H and O–H groups in total. The fourth-order valence-corrected chi connectivity index (χ4v) is 1.43. The van der Waals surface area contributed by atoms with E-state index in [1.165, 1.54) is 12.8 Å². The van der Waals surface area contributed by atoms with E-state index in [1.54, 1.807) is 0 Å². The summed E-state index contributed by atoms with van der Waals surface area (Å²) in [6.45, 7) is 7.15. The number of aliphatic hydroxyl groups excluding tert-OH is 1. The van der Waals surface area contributed by atoms with Gasteiger partial charge in [0.05, 0.1) is 6.61 Å². The summed E-state index contributed by atoms with van der Waals surface area (Å²) in [5.41, 5.74) is 0. The molecule has 0 aliphatic heterocycles. The molecule has 0 saturated carbocycles. The molecule has 0 saturated heterocycles. The summed E-state index contributed by atoms with van der Waals surface area (Å²) in [6.07, 6.45) is 5.53. The number of hydrogen-bond acceptors (Lipinski definition) is 3. The van der Waals surface area contributed by atoms with Gasteiger partial charge in [-0.2, -0.15) is 0 Å². The van der Waals surface area contributed by atoms with Crippen molar-refractivity contribution in [2.45, 2.75) is 52.0 Å². The normalized spacial score (nSPS) is 13.0. The average Bonchev–Trinajstić information content (AvgIpc) is 2.25. The monoisotopic (exact) mass is 217 g/mol. The van der Waals surface area contributed by atoms with Crippen molar-refractivity contribution >= 4 is 0 Å². The topological polar surface area (TPSA) is 41.5 Å². The summed E-state index contributed by atoms with van der Waals surface area (Å²) in [6, 6.07) is 0.316. The van der Waals surface area contributed by atoms with Crippen LogP contribution >= 0.6 is 0 Å². The number of aliphatic hydroxyl groups is 1. The predicted molar refractivity (Wildman–Crippen MR) is 64.1 cm³/mol. The second-order valence-electron chi connectivity index (χ2n) is 3.95. The fourth-order valence-electron chi connectivity index (χ4n) is 1.43. The summed E-state index contributed by atoms with van der Waals surface area (Å²) in [4.78, 5) is 0. The lowest BCUT2D eigenvalue weighted by atomic mass is 10.2. The van der Waals surface area contributed by atoms with Crippen LogP contribution in [-0.4, -0.2) is 37.5 Å². The second kappa shape index (κ2) is 12.0. The minimum absolute atomic E-state index is 0.236. The van der Waals surface area contributed by atoms with Crippen molar-refractivity contribution in [1.29, 1.82) is 0 Å². The van der Waals surface area contributed by atoms with Crippen LogP contribution in [0, 0.1) is 0 Å². The highest BCUT2D eigenvalue weighted by molar-refractivity contribution is 4.65. The standard InChI is InChI=1S/C12H27NO2/c1-3-5-6-10-15-11-12(7-9-14)13-8-4-2/h12-14H,3-11H2,1-2H3. The Morgan fingerprint density at radius 1 is 1.20 bits per heavy atom. The third kappa shape index (κ3) is 10.2. The fraction of sp³-hybridized carbons (Fsp3) is 1.00. The van der Waals surface area contributed by atoms with Crippen molar-refractivity contribution in [2.24, 2.45) is 0 Å². The molecule has 0 bridgehead atoms. The molecule has 15 heavy (non-hydrogen) atoms. The predicted octanol–water partition coefficient (Wildman–Crippen LogP) is 1.94. The van der Waals surface area contributed by atoms with Gasteiger partial charge in [0.2, 0.25) is 0 Å². The van der Waals surface area contributed by atoms with Crippen molar-refractivity contribution in [3.8, 4) is 0 Å². The molecule has 0 heterocycles. The van der Waals surface area contributed by atoms with Crippen molar-refractivity contribution in [3.05, 3.63) is 0 Å². The maximum Gasteiger partial charge on any atom is 0.0620 e. The summed E-state index contributed by atoms with van der Waals surface area (Å²) in [5, 5.41) is 12.3. The van der Waals surface area contributed by atoms with Gasteiger partial charge in [-0.1, -0.05) is 26.7 Å². The van der Waals surface area contributed by atoms with E-state index in [1.807, 2.05) is 0 Å². The highest BCUT2D eigenvalue weighted by atomic mass is 16.5. The molecule has 0 aromatic heterocycles. The molecule has 3 heteroatoms. The second-order valence-corrected chi connectivity index (χ2v) is 3.95. The van der Waals surface area contributed by atoms with Crippen LogP contribution in [-0.2, 0) is 4.74 Å². The van der Waals surface area contributed by atoms with E-state index in [0.29, 0.717) is 6.04 Å². The van der Waals surface area contributed by atoms with Crippen molar-refractivity contribution < 1.29 is 9.84 Å². The van der Waals surface area contributed by atoms with Gasteiger partial charge in [0.15, 0.2) is 0 Å². The minimum Gasteiger partial charge on any atom is -0.396 e. The smallest absolute Gasteiger partial charge is 0.0620 e. The first-order valence-corrected chi connectivity index (χ1v) is 6.27. The van der Waals surface area contributed by atoms with Gasteiger partial charge in [-0.25, -0.2) is 0 Å². The van der Waals surface area contributed by atoms with Gasteiger partial charge in [-0.15, -0.1) is 0 Å². The summed E-state index contributed by atoms with van der Waals surface area (Å²) in [7, 11) is 0. The molecule has 0 amide bonds. The number of hydrogen-bond donors (Lipinski definition) is 2. The van der Waals surface area contributed by atoms with Gasteiger partial charge in [0.1, 0.15) is 0 Å². The van der Waals surface area contributed by atoms with Gasteiger partial charge in [-0.3, -0.25) is 0 Å². The van der Waals surface area contributed by atoms with Crippen molar-refractivity contribution in [3.63, 3.8) is 0 Å². The molecule has 0 aromatic carbocycles. The van der Waals surface area contributed by atoms with E-state index in [-0.39, 0.29) is 6.61 Å². The lowest BCUT2D eigenvalue weighted by Crippen LogP contribution is -2.35. The summed E-state index contributed by atoms with van der Waals surface area (Å²) < 4.78 is 5.57. The van der Waals surface area contributed by atoms with Gasteiger partial charge >= 0.3 is 0 Å². The van der Waals surface area contributed by atoms with E-state index in [2.05, 4.69) is 19.2 Å². The largest absolute Gasteiger partial charge is 0.396 e. The van der Waals surface area contributed by atoms with Gasteiger partial charge in [-0.05, 0) is 25.8 Å². The molecule has 0 rings (SSSR count). The molecule has 3 nitrogen and oxygen atoms in total. The van der Waals surface area contributed by atoms with E-state index >= 15 is 0 Å². The Morgan fingerprint density at radius 2 is 2.00 bits per heavy atom. The van der Waals surface area contributed by atoms with E-state index < -0.39 is 0 Å². The summed E-state index contributed by atoms with van der Waals surface area (Å²) in [5.74, 6) is 0. The Labute approximate surface area is 94.2 Å². The Bertz CT molecular complexity index is 120. The third-order valence-corrected chi connectivity index (χ3v) is 2.37. The first kappa shape index (κ1) is 14.9. The molecular formula is C12H27NO2. The molecule has 0 aliphatic carbocycles. The molecule has 0 radical (unpaired) electrons. The van der Waals surface area contributed by atoms with Crippen LogP contribution in [0.5, 0.6) is 0 Å². The zero-order valence-electron chi connectivity index (χ0n) is 10.3. The van der Waals surface area contributed by atoms with Gasteiger partial charge < -0.3 is 15.2 Å². The van der Waals surface area contributed by atoms with Crippen LogP contribution in [0.3, 0.4) is 0 Å². The third-order valence-electron chi connectivity index (χ3n) is 2.37. The Hall–Kier alpha value is -0.120. The molecule has 0 fully saturated rings. The SMILES string of the molecule is CCCCCOCC(CCO)NCCC. The van der Waals surface area contributed by atoms with Crippen LogP contribution in [0.25, 0.3) is 0 Å². The number of rotatable bonds is 11. The maximum absolute atomic E-state index is 8.88. The van der Waals surface area contributed by atoms with E-state index in [0.717, 1.165) is 39.0 Å². The zero-order chi connectivity index (χ0) is 11.4. The minimum atomic E-state index is 0.236. The number of ether oxygens (including phenoxy) is 1. The van der Waals surface area contributed by atoms with Gasteiger partial charge in [0.25, 0.3) is 0 Å². The first-order chi connectivity index (χ1) is 7.35. The summed E-state index contributed by atoms with van der Waals surface area (Å²) >= 11 is 0. The Balaban J connectivity index is 3.38. The average molecular weight is 217 g/mol. The molecular weight excluding hydrogens is 190 g/mol. The molecule has 0 spiro atoms. The maximum atomic E-state index is 8.88. The quantitative estimate of drug-likeness (QED) is 0.520. The van der Waals surface area contributed by atoms with Crippen LogP contribution < -0.4 is 5.32 Å².